The van der Waals surface area contributed by atoms with E-state index in [1.165, 1.54) is 0 Å². The van der Waals surface area contributed by atoms with Gasteiger partial charge in [0, 0.05) is 17.4 Å². The summed E-state index contributed by atoms with van der Waals surface area (Å²) in [5.74, 6) is 0.944. The van der Waals surface area contributed by atoms with Gasteiger partial charge in [0.1, 0.15) is 5.75 Å². The number of ether oxygens (including phenoxy) is 1. The van der Waals surface area contributed by atoms with E-state index in [1.54, 1.807) is 13.4 Å². The molecule has 90 valence electrons. The van der Waals surface area contributed by atoms with E-state index < -0.39 is 0 Å². The number of methoxy groups -OCH3 is 1. The summed E-state index contributed by atoms with van der Waals surface area (Å²) >= 11 is 0. The maximum Gasteiger partial charge on any atom is 0.126 e. The van der Waals surface area contributed by atoms with Crippen LogP contribution in [0.1, 0.15) is 16.8 Å². The Bertz CT molecular complexity index is 492. The van der Waals surface area contributed by atoms with Gasteiger partial charge in [-0.25, -0.2) is 4.98 Å². The average Bonchev–Trinajstić information content (AvgIpc) is 2.82. The normalized spacial score (nSPS) is 10.3. The summed E-state index contributed by atoms with van der Waals surface area (Å²) in [7, 11) is 1.70. The molecule has 1 aromatic heterocycles. The Morgan fingerprint density at radius 3 is 2.82 bits per heavy atom. The molecule has 0 aliphatic rings. The van der Waals surface area contributed by atoms with Gasteiger partial charge in [0.2, 0.25) is 0 Å². The van der Waals surface area contributed by atoms with Gasteiger partial charge in [0.05, 0.1) is 25.7 Å². The van der Waals surface area contributed by atoms with Gasteiger partial charge in [-0.05, 0) is 25.5 Å². The lowest BCUT2D eigenvalue weighted by Crippen LogP contribution is -2.03. The van der Waals surface area contributed by atoms with Gasteiger partial charge in [-0.15, -0.1) is 0 Å². The van der Waals surface area contributed by atoms with Crippen LogP contribution in [0.5, 0.6) is 5.75 Å². The van der Waals surface area contributed by atoms with Crippen molar-refractivity contribution >= 4 is 5.69 Å². The number of aromatic amines is 1. The molecular weight excluding hydrogens is 214 g/mol. The molecule has 0 radical (unpaired) electrons. The van der Waals surface area contributed by atoms with Crippen LogP contribution >= 0.6 is 0 Å². The highest BCUT2D eigenvalue weighted by Gasteiger charge is 2.07. The number of H-pyrrole nitrogens is 1. The smallest absolute Gasteiger partial charge is 0.126 e. The van der Waals surface area contributed by atoms with Gasteiger partial charge in [-0.1, -0.05) is 6.07 Å². The standard InChI is InChI=1S/C13H17N3O/c1-9-4-5-12(10(2)13(9)17-3)15-7-11-6-14-8-16-11/h4-6,8,15H,7H2,1-3H3,(H,14,16). The second-order valence-electron chi connectivity index (χ2n) is 4.02. The van der Waals surface area contributed by atoms with Crippen molar-refractivity contribution in [2.45, 2.75) is 20.4 Å². The third-order valence-electron chi connectivity index (χ3n) is 2.83. The quantitative estimate of drug-likeness (QED) is 0.850. The molecule has 0 spiro atoms. The highest BCUT2D eigenvalue weighted by molar-refractivity contribution is 5.59. The van der Waals surface area contributed by atoms with E-state index >= 15 is 0 Å². The molecule has 0 atom stereocenters. The van der Waals surface area contributed by atoms with E-state index in [2.05, 4.69) is 34.3 Å². The van der Waals surface area contributed by atoms with Gasteiger partial charge >= 0.3 is 0 Å². The molecule has 2 N–H and O–H groups in total. The molecular formula is C13H17N3O. The molecule has 2 aromatic rings. The summed E-state index contributed by atoms with van der Waals surface area (Å²) in [5.41, 5.74) is 4.43. The molecule has 0 bridgehead atoms. The van der Waals surface area contributed by atoms with Crippen molar-refractivity contribution in [3.63, 3.8) is 0 Å². The van der Waals surface area contributed by atoms with Gasteiger partial charge in [-0.2, -0.15) is 0 Å². The number of hydrogen-bond donors (Lipinski definition) is 2. The fourth-order valence-corrected chi connectivity index (χ4v) is 1.90. The predicted octanol–water partition coefficient (Wildman–Crippen LogP) is 2.65. The van der Waals surface area contributed by atoms with Crippen molar-refractivity contribution in [1.29, 1.82) is 0 Å². The number of imidazole rings is 1. The number of aromatic nitrogens is 2. The van der Waals surface area contributed by atoms with Crippen LogP contribution in [0, 0.1) is 13.8 Å². The third-order valence-corrected chi connectivity index (χ3v) is 2.83. The predicted molar refractivity (Wildman–Crippen MR) is 68.4 cm³/mol. The summed E-state index contributed by atoms with van der Waals surface area (Å²) in [6.45, 7) is 4.83. The van der Waals surface area contributed by atoms with Crippen LogP contribution in [0.25, 0.3) is 0 Å². The average molecular weight is 231 g/mol. The largest absolute Gasteiger partial charge is 0.496 e. The van der Waals surface area contributed by atoms with E-state index in [-0.39, 0.29) is 0 Å². The number of rotatable bonds is 4. The first-order chi connectivity index (χ1) is 8.22. The zero-order chi connectivity index (χ0) is 12.3. The fourth-order valence-electron chi connectivity index (χ4n) is 1.90. The zero-order valence-corrected chi connectivity index (χ0v) is 10.4. The first-order valence-corrected chi connectivity index (χ1v) is 5.57. The summed E-state index contributed by atoms with van der Waals surface area (Å²) in [5, 5.41) is 3.37. The van der Waals surface area contributed by atoms with Gasteiger partial charge in [0.15, 0.2) is 0 Å². The fraction of sp³-hybridized carbons (Fsp3) is 0.308. The Morgan fingerprint density at radius 2 is 2.18 bits per heavy atom. The van der Waals surface area contributed by atoms with Crippen LogP contribution < -0.4 is 10.1 Å². The van der Waals surface area contributed by atoms with Crippen LogP contribution in [0.15, 0.2) is 24.7 Å². The molecule has 0 saturated carbocycles. The van der Waals surface area contributed by atoms with E-state index in [0.717, 1.165) is 34.8 Å². The van der Waals surface area contributed by atoms with Crippen molar-refractivity contribution in [3.05, 3.63) is 41.5 Å². The van der Waals surface area contributed by atoms with Crippen LogP contribution in [-0.4, -0.2) is 17.1 Å². The van der Waals surface area contributed by atoms with Gasteiger partial charge in [0.25, 0.3) is 0 Å². The van der Waals surface area contributed by atoms with E-state index in [4.69, 9.17) is 4.74 Å². The lowest BCUT2D eigenvalue weighted by Gasteiger charge is -2.14. The molecule has 4 heteroatoms. The molecule has 4 nitrogen and oxygen atoms in total. The topological polar surface area (TPSA) is 49.9 Å². The molecule has 0 saturated heterocycles. The van der Waals surface area contributed by atoms with E-state index in [9.17, 15) is 0 Å². The molecule has 0 fully saturated rings. The number of benzene rings is 1. The molecule has 17 heavy (non-hydrogen) atoms. The van der Waals surface area contributed by atoms with Crippen molar-refractivity contribution in [1.82, 2.24) is 9.97 Å². The highest BCUT2D eigenvalue weighted by atomic mass is 16.5. The summed E-state index contributed by atoms with van der Waals surface area (Å²) in [6, 6.07) is 4.13. The minimum atomic E-state index is 0.729. The second kappa shape index (κ2) is 4.91. The lowest BCUT2D eigenvalue weighted by molar-refractivity contribution is 0.409. The van der Waals surface area contributed by atoms with E-state index in [1.807, 2.05) is 13.1 Å². The van der Waals surface area contributed by atoms with Crippen molar-refractivity contribution in [2.24, 2.45) is 0 Å². The Morgan fingerprint density at radius 1 is 1.35 bits per heavy atom. The molecule has 0 amide bonds. The van der Waals surface area contributed by atoms with Crippen molar-refractivity contribution in [2.75, 3.05) is 12.4 Å². The van der Waals surface area contributed by atoms with Crippen molar-refractivity contribution < 1.29 is 4.74 Å². The van der Waals surface area contributed by atoms with E-state index in [0.29, 0.717) is 0 Å². The summed E-state index contributed by atoms with van der Waals surface area (Å²) < 4.78 is 5.39. The van der Waals surface area contributed by atoms with Crippen LogP contribution in [0.4, 0.5) is 5.69 Å². The Hall–Kier alpha value is -1.97. The highest BCUT2D eigenvalue weighted by Crippen LogP contribution is 2.29. The number of hydrogen-bond acceptors (Lipinski definition) is 3. The molecule has 2 rings (SSSR count). The van der Waals surface area contributed by atoms with Crippen LogP contribution in [0.2, 0.25) is 0 Å². The van der Waals surface area contributed by atoms with Crippen LogP contribution in [-0.2, 0) is 6.54 Å². The zero-order valence-electron chi connectivity index (χ0n) is 10.4. The first kappa shape index (κ1) is 11.5. The number of aryl methyl sites for hydroxylation is 1. The molecule has 0 aliphatic heterocycles. The third kappa shape index (κ3) is 2.41. The van der Waals surface area contributed by atoms with Gasteiger partial charge in [-0.3, -0.25) is 0 Å². The minimum Gasteiger partial charge on any atom is -0.496 e. The Kier molecular flexibility index (Phi) is 3.32. The SMILES string of the molecule is COc1c(C)ccc(NCc2cnc[nH]2)c1C. The monoisotopic (exact) mass is 231 g/mol. The van der Waals surface area contributed by atoms with Crippen molar-refractivity contribution in [3.8, 4) is 5.75 Å². The van der Waals surface area contributed by atoms with Crippen LogP contribution in [0.3, 0.4) is 0 Å². The molecule has 1 heterocycles. The second-order valence-corrected chi connectivity index (χ2v) is 4.02. The Balaban J connectivity index is 2.16. The molecule has 1 aromatic carbocycles. The molecule has 0 unspecified atom stereocenters. The number of anilines is 1. The summed E-state index contributed by atoms with van der Waals surface area (Å²) in [6.07, 6.45) is 3.49. The van der Waals surface area contributed by atoms with Gasteiger partial charge < -0.3 is 15.0 Å². The summed E-state index contributed by atoms with van der Waals surface area (Å²) in [4.78, 5) is 7.05. The first-order valence-electron chi connectivity index (χ1n) is 5.57. The Labute approximate surface area is 101 Å². The lowest BCUT2D eigenvalue weighted by atomic mass is 10.1. The minimum absolute atomic E-state index is 0.729. The number of nitrogens with one attached hydrogen (secondary N) is 2. The molecule has 0 aliphatic carbocycles. The maximum absolute atomic E-state index is 5.39. The maximum atomic E-state index is 5.39. The number of nitrogens with zero attached hydrogens (tertiary/aromatic N) is 1.